The highest BCUT2D eigenvalue weighted by Gasteiger charge is 2.20. The molecule has 0 atom stereocenters. The van der Waals surface area contributed by atoms with Crippen LogP contribution in [0.25, 0.3) is 10.9 Å². The summed E-state index contributed by atoms with van der Waals surface area (Å²) < 4.78 is 8.18. The van der Waals surface area contributed by atoms with Gasteiger partial charge in [0.25, 0.3) is 0 Å². The third-order valence-electron chi connectivity index (χ3n) is 5.29. The van der Waals surface area contributed by atoms with Crippen LogP contribution in [0.4, 0.5) is 0 Å². The lowest BCUT2D eigenvalue weighted by atomic mass is 9.99. The molecule has 148 valence electrons. The zero-order valence-electron chi connectivity index (χ0n) is 16.0. The largest absolute Gasteiger partial charge is 0.493 e. The van der Waals surface area contributed by atoms with Crippen molar-refractivity contribution in [3.05, 3.63) is 104 Å². The van der Waals surface area contributed by atoms with E-state index in [2.05, 4.69) is 20.9 Å². The Morgan fingerprint density at radius 3 is 2.83 bits per heavy atom. The maximum Gasteiger partial charge on any atom is 0.200 e. The normalized spacial score (nSPS) is 12.6. The molecule has 30 heavy (non-hydrogen) atoms. The monoisotopic (exact) mass is 460 g/mol. The number of para-hydroxylation sites is 1. The number of nitrogens with zero attached hydrogens (tertiary/aromatic N) is 2. The van der Waals surface area contributed by atoms with E-state index in [-0.39, 0.29) is 16.8 Å². The Morgan fingerprint density at radius 1 is 1.10 bits per heavy atom. The highest BCUT2D eigenvalue weighted by molar-refractivity contribution is 9.10. The minimum Gasteiger partial charge on any atom is -0.493 e. The third-order valence-corrected chi connectivity index (χ3v) is 5.73. The number of hydrogen-bond acceptors (Lipinski definition) is 4. The first-order valence-electron chi connectivity index (χ1n) is 9.64. The highest BCUT2D eigenvalue weighted by Crippen LogP contribution is 2.27. The lowest BCUT2D eigenvalue weighted by Gasteiger charge is -2.13. The molecule has 0 N–H and O–H groups in total. The Labute approximate surface area is 181 Å². The lowest BCUT2D eigenvalue weighted by molar-refractivity contribution is 0.103. The van der Waals surface area contributed by atoms with Crippen LogP contribution >= 0.6 is 15.9 Å². The average Bonchev–Trinajstić information content (AvgIpc) is 3.23. The van der Waals surface area contributed by atoms with Crippen LogP contribution in [-0.4, -0.2) is 21.9 Å². The fourth-order valence-electron chi connectivity index (χ4n) is 3.83. The number of aromatic nitrogens is 2. The van der Waals surface area contributed by atoms with Crippen LogP contribution in [0, 0.1) is 0 Å². The Kier molecular flexibility index (Phi) is 4.71. The Balaban J connectivity index is 1.64. The number of hydrogen-bond donors (Lipinski definition) is 0. The topological polar surface area (TPSA) is 61.2 Å². The number of halogens is 1. The van der Waals surface area contributed by atoms with E-state index in [9.17, 15) is 9.59 Å². The number of pyridine rings is 2. The van der Waals surface area contributed by atoms with Crippen molar-refractivity contribution in [1.29, 1.82) is 0 Å². The molecule has 0 amide bonds. The molecular formula is C24H17BrN2O3. The predicted molar refractivity (Wildman–Crippen MR) is 118 cm³/mol. The molecule has 0 spiro atoms. The van der Waals surface area contributed by atoms with Crippen LogP contribution in [0.5, 0.6) is 5.75 Å². The predicted octanol–water partition coefficient (Wildman–Crippen LogP) is 4.37. The molecule has 6 heteroatoms. The second-order valence-electron chi connectivity index (χ2n) is 7.22. The van der Waals surface area contributed by atoms with Gasteiger partial charge in [-0.1, -0.05) is 18.2 Å². The molecule has 0 radical (unpaired) electrons. The molecule has 1 aliphatic rings. The van der Waals surface area contributed by atoms with E-state index in [4.69, 9.17) is 4.74 Å². The highest BCUT2D eigenvalue weighted by atomic mass is 79.9. The lowest BCUT2D eigenvalue weighted by Crippen LogP contribution is -2.20. The van der Waals surface area contributed by atoms with Gasteiger partial charge in [-0.3, -0.25) is 9.59 Å². The van der Waals surface area contributed by atoms with E-state index >= 15 is 0 Å². The van der Waals surface area contributed by atoms with Gasteiger partial charge in [-0.2, -0.15) is 0 Å². The molecule has 0 unspecified atom stereocenters. The maximum atomic E-state index is 13.3. The third kappa shape index (κ3) is 3.33. The summed E-state index contributed by atoms with van der Waals surface area (Å²) in [6.07, 6.45) is 2.42. The Hall–Kier alpha value is -3.25. The van der Waals surface area contributed by atoms with Crippen molar-refractivity contribution in [2.24, 2.45) is 0 Å². The molecule has 0 saturated carbocycles. The van der Waals surface area contributed by atoms with Gasteiger partial charge in [0.05, 0.1) is 29.9 Å². The van der Waals surface area contributed by atoms with Gasteiger partial charge in [0.2, 0.25) is 5.43 Å². The second kappa shape index (κ2) is 7.54. The van der Waals surface area contributed by atoms with Gasteiger partial charge < -0.3 is 9.30 Å². The number of carbonyl (C=O) groups is 1. The summed E-state index contributed by atoms with van der Waals surface area (Å²) in [6.45, 7) is 1.06. The zero-order chi connectivity index (χ0) is 20.7. The van der Waals surface area contributed by atoms with Crippen LogP contribution in [0.1, 0.15) is 27.2 Å². The first kappa shape index (κ1) is 18.8. The number of carbonyl (C=O) groups excluding carboxylic acids is 1. The quantitative estimate of drug-likeness (QED) is 0.335. The summed E-state index contributed by atoms with van der Waals surface area (Å²) in [5.41, 5.74) is 2.99. The van der Waals surface area contributed by atoms with E-state index in [1.54, 1.807) is 24.4 Å². The molecule has 1 aliphatic heterocycles. The van der Waals surface area contributed by atoms with Crippen molar-refractivity contribution >= 4 is 32.6 Å². The van der Waals surface area contributed by atoms with Gasteiger partial charge in [0.15, 0.2) is 5.78 Å². The number of ketones is 1. The fraction of sp³-hybridized carbons (Fsp3) is 0.125. The van der Waals surface area contributed by atoms with Gasteiger partial charge >= 0.3 is 0 Å². The van der Waals surface area contributed by atoms with Gasteiger partial charge in [-0.15, -0.1) is 0 Å². The minimum atomic E-state index is -0.281. The number of fused-ring (bicyclic) bond motifs is 2. The fourth-order valence-corrected chi connectivity index (χ4v) is 4.21. The van der Waals surface area contributed by atoms with Crippen LogP contribution in [0.2, 0.25) is 0 Å². The maximum absolute atomic E-state index is 13.3. The molecule has 3 heterocycles. The average molecular weight is 461 g/mol. The van der Waals surface area contributed by atoms with Crippen LogP contribution in [-0.2, 0) is 13.0 Å². The number of ether oxygens (including phenoxy) is 1. The van der Waals surface area contributed by atoms with Crippen molar-refractivity contribution in [3.8, 4) is 5.75 Å². The molecule has 0 bridgehead atoms. The summed E-state index contributed by atoms with van der Waals surface area (Å²) in [5.74, 6) is 0.527. The van der Waals surface area contributed by atoms with E-state index in [0.717, 1.165) is 33.5 Å². The molecule has 4 aromatic rings. The first-order valence-corrected chi connectivity index (χ1v) is 10.4. The smallest absolute Gasteiger partial charge is 0.200 e. The molecule has 0 fully saturated rings. The van der Waals surface area contributed by atoms with Crippen molar-refractivity contribution in [2.75, 3.05) is 6.61 Å². The first-order chi connectivity index (χ1) is 14.6. The molecule has 2 aromatic heterocycles. The minimum absolute atomic E-state index is 0.155. The summed E-state index contributed by atoms with van der Waals surface area (Å²) in [5, 5.41) is 0.517. The van der Waals surface area contributed by atoms with E-state index < -0.39 is 0 Å². The van der Waals surface area contributed by atoms with Crippen LogP contribution < -0.4 is 10.2 Å². The second-order valence-corrected chi connectivity index (χ2v) is 8.03. The SMILES string of the molecule is O=C(c1ccc2c(c1)CCO2)c1cn(Cc2cccc(Br)n2)c2ccccc2c1=O. The van der Waals surface area contributed by atoms with Crippen molar-refractivity contribution in [2.45, 2.75) is 13.0 Å². The molecule has 0 saturated heterocycles. The Morgan fingerprint density at radius 2 is 1.97 bits per heavy atom. The van der Waals surface area contributed by atoms with Crippen LogP contribution in [0.15, 0.2) is 76.3 Å². The number of rotatable bonds is 4. The van der Waals surface area contributed by atoms with Crippen LogP contribution in [0.3, 0.4) is 0 Å². The summed E-state index contributed by atoms with van der Waals surface area (Å²) in [7, 11) is 0. The van der Waals surface area contributed by atoms with Crippen molar-refractivity contribution < 1.29 is 9.53 Å². The van der Waals surface area contributed by atoms with E-state index in [1.807, 2.05) is 47.0 Å². The van der Waals surface area contributed by atoms with Gasteiger partial charge in [0.1, 0.15) is 10.4 Å². The summed E-state index contributed by atoms with van der Waals surface area (Å²) >= 11 is 3.39. The van der Waals surface area contributed by atoms with Gasteiger partial charge in [-0.05, 0) is 64.0 Å². The van der Waals surface area contributed by atoms with Gasteiger partial charge in [-0.25, -0.2) is 4.98 Å². The zero-order valence-corrected chi connectivity index (χ0v) is 17.6. The van der Waals surface area contributed by atoms with Crippen molar-refractivity contribution in [3.63, 3.8) is 0 Å². The molecular weight excluding hydrogens is 444 g/mol. The Bertz CT molecular complexity index is 1360. The van der Waals surface area contributed by atoms with Gasteiger partial charge in [0, 0.05) is 23.6 Å². The molecule has 5 nitrogen and oxygen atoms in total. The molecule has 0 aliphatic carbocycles. The summed E-state index contributed by atoms with van der Waals surface area (Å²) in [6, 6.07) is 18.4. The van der Waals surface area contributed by atoms with E-state index in [1.165, 1.54) is 0 Å². The summed E-state index contributed by atoms with van der Waals surface area (Å²) in [4.78, 5) is 30.9. The molecule has 5 rings (SSSR count). The molecule has 2 aromatic carbocycles. The number of benzene rings is 2. The van der Waals surface area contributed by atoms with Crippen molar-refractivity contribution in [1.82, 2.24) is 9.55 Å². The standard InChI is InChI=1S/C24H17BrN2O3/c25-22-7-3-4-17(26-22)13-27-14-19(24(29)18-5-1-2-6-20(18)27)23(28)16-8-9-21-15(12-16)10-11-30-21/h1-9,12,14H,10-11,13H2. The van der Waals surface area contributed by atoms with E-state index in [0.29, 0.717) is 24.1 Å².